The molecule has 1 saturated heterocycles. The van der Waals surface area contributed by atoms with Crippen LogP contribution in [0.5, 0.6) is 5.75 Å². The lowest BCUT2D eigenvalue weighted by atomic mass is 9.67. The zero-order valence-electron chi connectivity index (χ0n) is 14.7. The summed E-state index contributed by atoms with van der Waals surface area (Å²) in [5, 5.41) is 6.44. The van der Waals surface area contributed by atoms with Crippen molar-refractivity contribution in [2.75, 3.05) is 31.6 Å². The fourth-order valence-corrected chi connectivity index (χ4v) is 3.95. The maximum absolute atomic E-state index is 13.0. The van der Waals surface area contributed by atoms with Crippen molar-refractivity contribution in [1.82, 2.24) is 5.32 Å². The average Bonchev–Trinajstić information content (AvgIpc) is 3.06. The highest BCUT2D eigenvalue weighted by Gasteiger charge is 2.49. The Bertz CT molecular complexity index is 634. The van der Waals surface area contributed by atoms with Crippen LogP contribution in [0.25, 0.3) is 0 Å². The summed E-state index contributed by atoms with van der Waals surface area (Å²) < 4.78 is 10.3. The lowest BCUT2D eigenvalue weighted by molar-refractivity contribution is -0.145. The molecule has 2 fully saturated rings. The Morgan fingerprint density at radius 1 is 1.36 bits per heavy atom. The lowest BCUT2D eigenvalue weighted by Gasteiger charge is -2.37. The minimum atomic E-state index is -0.405. The predicted octanol–water partition coefficient (Wildman–Crippen LogP) is 2.35. The Kier molecular flexibility index (Phi) is 5.58. The third-order valence-electron chi connectivity index (χ3n) is 5.24. The highest BCUT2D eigenvalue weighted by Crippen LogP contribution is 2.44. The number of esters is 1. The van der Waals surface area contributed by atoms with Gasteiger partial charge < -0.3 is 20.1 Å². The van der Waals surface area contributed by atoms with Crippen LogP contribution in [-0.4, -0.2) is 38.2 Å². The first kappa shape index (κ1) is 17.7. The van der Waals surface area contributed by atoms with Crippen molar-refractivity contribution < 1.29 is 19.1 Å². The summed E-state index contributed by atoms with van der Waals surface area (Å²) in [6.45, 7) is 3.62. The average molecular weight is 346 g/mol. The summed E-state index contributed by atoms with van der Waals surface area (Å²) in [5.74, 6) is 0.639. The van der Waals surface area contributed by atoms with Crippen LogP contribution in [-0.2, 0) is 14.3 Å². The van der Waals surface area contributed by atoms with Crippen molar-refractivity contribution in [2.24, 2.45) is 11.3 Å². The summed E-state index contributed by atoms with van der Waals surface area (Å²) in [5.41, 5.74) is 0.400. The van der Waals surface area contributed by atoms with Crippen LogP contribution in [0.2, 0.25) is 0 Å². The molecule has 0 bridgehead atoms. The van der Waals surface area contributed by atoms with E-state index in [1.807, 2.05) is 6.07 Å². The quantitative estimate of drug-likeness (QED) is 0.773. The van der Waals surface area contributed by atoms with Crippen LogP contribution in [0.15, 0.2) is 24.3 Å². The molecule has 0 unspecified atom stereocenters. The minimum absolute atomic E-state index is 0.0877. The number of carbonyl (C=O) groups excluding carboxylic acids is 2. The summed E-state index contributed by atoms with van der Waals surface area (Å²) in [6.07, 6.45) is 4.37. The van der Waals surface area contributed by atoms with E-state index in [2.05, 4.69) is 10.6 Å². The van der Waals surface area contributed by atoms with Gasteiger partial charge >= 0.3 is 5.97 Å². The molecule has 1 amide bonds. The molecule has 1 aliphatic heterocycles. The number of benzene rings is 1. The molecule has 2 N–H and O–H groups in total. The molecule has 136 valence electrons. The third-order valence-corrected chi connectivity index (χ3v) is 5.24. The van der Waals surface area contributed by atoms with Gasteiger partial charge in [-0.3, -0.25) is 4.79 Å². The molecule has 25 heavy (non-hydrogen) atoms. The number of carbonyl (C=O) groups is 2. The van der Waals surface area contributed by atoms with Crippen LogP contribution in [0.3, 0.4) is 0 Å². The molecule has 2 aliphatic rings. The number of ether oxygens (including phenoxy) is 2. The maximum atomic E-state index is 13.0. The number of nitrogens with one attached hydrogen (secondary N) is 2. The van der Waals surface area contributed by atoms with E-state index in [-0.39, 0.29) is 17.9 Å². The van der Waals surface area contributed by atoms with Crippen LogP contribution in [0, 0.1) is 11.3 Å². The predicted molar refractivity (Wildman–Crippen MR) is 94.5 cm³/mol. The second-order valence-corrected chi connectivity index (χ2v) is 6.81. The van der Waals surface area contributed by atoms with Crippen molar-refractivity contribution >= 4 is 17.6 Å². The molecule has 2 atom stereocenters. The molecule has 1 aromatic carbocycles. The van der Waals surface area contributed by atoms with Crippen molar-refractivity contribution in [3.05, 3.63) is 24.3 Å². The molecule has 1 aliphatic carbocycles. The van der Waals surface area contributed by atoms with Gasteiger partial charge in [0.25, 0.3) is 0 Å². The molecule has 0 aromatic heterocycles. The largest absolute Gasteiger partial charge is 0.482 e. The van der Waals surface area contributed by atoms with E-state index < -0.39 is 5.97 Å². The lowest BCUT2D eigenvalue weighted by Crippen LogP contribution is -2.44. The number of hydrogen-bond acceptors (Lipinski definition) is 5. The van der Waals surface area contributed by atoms with Crippen molar-refractivity contribution in [1.29, 1.82) is 0 Å². The van der Waals surface area contributed by atoms with Crippen molar-refractivity contribution in [3.63, 3.8) is 0 Å². The second-order valence-electron chi connectivity index (χ2n) is 6.81. The van der Waals surface area contributed by atoms with E-state index in [0.717, 1.165) is 32.4 Å². The first-order valence-corrected chi connectivity index (χ1v) is 9.05. The van der Waals surface area contributed by atoms with Gasteiger partial charge in [0.2, 0.25) is 5.91 Å². The fourth-order valence-electron chi connectivity index (χ4n) is 3.95. The molecule has 3 rings (SSSR count). The van der Waals surface area contributed by atoms with Crippen LogP contribution in [0.4, 0.5) is 5.69 Å². The Balaban J connectivity index is 1.63. The highest BCUT2D eigenvalue weighted by molar-refractivity contribution is 5.96. The molecule has 0 radical (unpaired) electrons. The number of anilines is 1. The maximum Gasteiger partial charge on any atom is 0.344 e. The van der Waals surface area contributed by atoms with Crippen LogP contribution in [0.1, 0.15) is 32.6 Å². The fraction of sp³-hybridized carbons (Fsp3) is 0.579. The molecule has 6 nitrogen and oxygen atoms in total. The van der Waals surface area contributed by atoms with Crippen molar-refractivity contribution in [3.8, 4) is 5.75 Å². The first-order chi connectivity index (χ1) is 12.1. The summed E-state index contributed by atoms with van der Waals surface area (Å²) >= 11 is 0. The second kappa shape index (κ2) is 7.87. The zero-order chi connectivity index (χ0) is 17.7. The van der Waals surface area contributed by atoms with E-state index >= 15 is 0 Å². The van der Waals surface area contributed by atoms with Gasteiger partial charge in [-0.05, 0) is 44.4 Å². The van der Waals surface area contributed by atoms with Gasteiger partial charge in [-0.2, -0.15) is 0 Å². The van der Waals surface area contributed by atoms with Gasteiger partial charge in [0.1, 0.15) is 5.75 Å². The van der Waals surface area contributed by atoms with E-state index in [1.165, 1.54) is 6.42 Å². The van der Waals surface area contributed by atoms with Gasteiger partial charge in [-0.25, -0.2) is 4.79 Å². The van der Waals surface area contributed by atoms with Gasteiger partial charge in [0.05, 0.1) is 12.0 Å². The van der Waals surface area contributed by atoms with Gasteiger partial charge in [0.15, 0.2) is 6.61 Å². The van der Waals surface area contributed by atoms with Crippen LogP contribution >= 0.6 is 0 Å². The molecular formula is C19H26N2O4. The van der Waals surface area contributed by atoms with E-state index in [1.54, 1.807) is 25.1 Å². The molecule has 6 heteroatoms. The van der Waals surface area contributed by atoms with E-state index in [0.29, 0.717) is 24.0 Å². The number of fused-ring (bicyclic) bond motifs is 1. The summed E-state index contributed by atoms with van der Waals surface area (Å²) in [7, 11) is 0. The van der Waals surface area contributed by atoms with E-state index in [4.69, 9.17) is 9.47 Å². The zero-order valence-corrected chi connectivity index (χ0v) is 14.7. The van der Waals surface area contributed by atoms with Gasteiger partial charge in [0, 0.05) is 18.3 Å². The molecule has 1 aromatic rings. The summed E-state index contributed by atoms with van der Waals surface area (Å²) in [6, 6.07) is 7.15. The smallest absolute Gasteiger partial charge is 0.344 e. The molecule has 1 saturated carbocycles. The Labute approximate surface area is 148 Å². The molecular weight excluding hydrogens is 320 g/mol. The number of amides is 1. The van der Waals surface area contributed by atoms with Crippen LogP contribution < -0.4 is 15.4 Å². The number of rotatable bonds is 6. The summed E-state index contributed by atoms with van der Waals surface area (Å²) in [4.78, 5) is 24.4. The van der Waals surface area contributed by atoms with Crippen molar-refractivity contribution in [2.45, 2.75) is 32.6 Å². The SMILES string of the molecule is CCOC(=O)COc1cccc(NC(=O)[C@@]23CCCC[C@H]2CNC3)c1. The normalized spacial score (nSPS) is 25.1. The van der Waals surface area contributed by atoms with Gasteiger partial charge in [-0.15, -0.1) is 0 Å². The minimum Gasteiger partial charge on any atom is -0.482 e. The van der Waals surface area contributed by atoms with Gasteiger partial charge in [-0.1, -0.05) is 18.9 Å². The third kappa shape index (κ3) is 3.95. The molecule has 0 spiro atoms. The topological polar surface area (TPSA) is 76.7 Å². The highest BCUT2D eigenvalue weighted by atomic mass is 16.6. The Morgan fingerprint density at radius 3 is 3.08 bits per heavy atom. The Hall–Kier alpha value is -2.08. The monoisotopic (exact) mass is 346 g/mol. The molecule has 1 heterocycles. The first-order valence-electron chi connectivity index (χ1n) is 9.05. The Morgan fingerprint density at radius 2 is 2.24 bits per heavy atom. The van der Waals surface area contributed by atoms with E-state index in [9.17, 15) is 9.59 Å². The standard InChI is InChI=1S/C19H26N2O4/c1-2-24-17(22)12-25-16-8-5-7-15(10-16)21-18(23)19-9-4-3-6-14(19)11-20-13-19/h5,7-8,10,14,20H,2-4,6,9,11-13H2,1H3,(H,21,23)/t14-,19+/m0/s1. The number of hydrogen-bond donors (Lipinski definition) is 2.